The Balaban J connectivity index is 2.01. The highest BCUT2D eigenvalue weighted by atomic mass is 35.5. The number of H-pyrrole nitrogens is 1. The van der Waals surface area contributed by atoms with Crippen LogP contribution in [0.3, 0.4) is 0 Å². The van der Waals surface area contributed by atoms with Crippen LogP contribution >= 0.6 is 11.6 Å². The summed E-state index contributed by atoms with van der Waals surface area (Å²) in [4.78, 5) is 3.34. The van der Waals surface area contributed by atoms with Crippen LogP contribution in [0.5, 0.6) is 0 Å². The second-order valence-corrected chi connectivity index (χ2v) is 4.78. The zero-order valence-electron chi connectivity index (χ0n) is 10.8. The second-order valence-electron chi connectivity index (χ2n) is 4.40. The molecular formula is C14H19ClN2O. The molecule has 0 fully saturated rings. The topological polar surface area (TPSA) is 37.0 Å². The molecule has 0 aliphatic rings. The molecule has 0 bridgehead atoms. The van der Waals surface area contributed by atoms with Gasteiger partial charge in [0.2, 0.25) is 0 Å². The van der Waals surface area contributed by atoms with Crippen molar-refractivity contribution in [1.29, 1.82) is 0 Å². The normalized spacial score (nSPS) is 13.1. The Labute approximate surface area is 112 Å². The van der Waals surface area contributed by atoms with Crippen LogP contribution in [0, 0.1) is 0 Å². The predicted molar refractivity (Wildman–Crippen MR) is 76.1 cm³/mol. The van der Waals surface area contributed by atoms with Crippen molar-refractivity contribution in [3.8, 4) is 0 Å². The van der Waals surface area contributed by atoms with Crippen molar-refractivity contribution in [3.05, 3.63) is 35.0 Å². The third-order valence-corrected chi connectivity index (χ3v) is 3.35. The molecule has 0 amide bonds. The summed E-state index contributed by atoms with van der Waals surface area (Å²) >= 11 is 6.34. The van der Waals surface area contributed by atoms with Crippen molar-refractivity contribution >= 4 is 22.5 Å². The number of aromatic nitrogens is 1. The number of nitrogens with one attached hydrogen (secondary N) is 2. The smallest absolute Gasteiger partial charge is 0.0705 e. The highest BCUT2D eigenvalue weighted by Crippen LogP contribution is 2.26. The summed E-state index contributed by atoms with van der Waals surface area (Å²) in [5.74, 6) is 0. The Morgan fingerprint density at radius 1 is 1.39 bits per heavy atom. The van der Waals surface area contributed by atoms with Gasteiger partial charge < -0.3 is 15.0 Å². The molecule has 1 heterocycles. The van der Waals surface area contributed by atoms with Gasteiger partial charge in [0.1, 0.15) is 0 Å². The van der Waals surface area contributed by atoms with Gasteiger partial charge in [-0.3, -0.25) is 0 Å². The Hall–Kier alpha value is -1.03. The molecule has 0 saturated carbocycles. The summed E-state index contributed by atoms with van der Waals surface area (Å²) in [6.07, 6.45) is 0. The molecular weight excluding hydrogens is 248 g/mol. The summed E-state index contributed by atoms with van der Waals surface area (Å²) in [7, 11) is 0. The molecule has 0 saturated heterocycles. The van der Waals surface area contributed by atoms with Gasteiger partial charge in [-0.25, -0.2) is 0 Å². The zero-order chi connectivity index (χ0) is 13.0. The minimum Gasteiger partial charge on any atom is -0.380 e. The number of benzene rings is 1. The molecule has 1 unspecified atom stereocenters. The lowest BCUT2D eigenvalue weighted by Gasteiger charge is -2.12. The number of fused-ring (bicyclic) bond motifs is 1. The minimum absolute atomic E-state index is 0.312. The minimum atomic E-state index is 0.312. The first kappa shape index (κ1) is 13.4. The molecule has 0 radical (unpaired) electrons. The van der Waals surface area contributed by atoms with E-state index in [9.17, 15) is 0 Å². The van der Waals surface area contributed by atoms with Gasteiger partial charge in [-0.15, -0.1) is 0 Å². The molecule has 2 aromatic rings. The Morgan fingerprint density at radius 2 is 2.17 bits per heavy atom. The summed E-state index contributed by atoms with van der Waals surface area (Å²) in [5, 5.41) is 5.28. The van der Waals surface area contributed by atoms with E-state index in [2.05, 4.69) is 17.2 Å². The van der Waals surface area contributed by atoms with Gasteiger partial charge in [-0.2, -0.15) is 0 Å². The second kappa shape index (κ2) is 6.23. The molecule has 0 aliphatic carbocycles. The van der Waals surface area contributed by atoms with E-state index in [4.69, 9.17) is 16.3 Å². The third kappa shape index (κ3) is 3.05. The molecule has 2 N–H and O–H groups in total. The highest BCUT2D eigenvalue weighted by Gasteiger charge is 2.09. The predicted octanol–water partition coefficient (Wildman–Crippen LogP) is 3.34. The van der Waals surface area contributed by atoms with Crippen LogP contribution in [0.4, 0.5) is 0 Å². The first-order valence-corrected chi connectivity index (χ1v) is 6.66. The maximum Gasteiger partial charge on any atom is 0.0705 e. The average molecular weight is 267 g/mol. The fourth-order valence-electron chi connectivity index (χ4n) is 1.92. The van der Waals surface area contributed by atoms with Crippen LogP contribution in [0.2, 0.25) is 5.02 Å². The third-order valence-electron chi connectivity index (χ3n) is 2.91. The fourth-order valence-corrected chi connectivity index (χ4v) is 2.19. The van der Waals surface area contributed by atoms with Crippen molar-refractivity contribution in [2.45, 2.75) is 26.4 Å². The van der Waals surface area contributed by atoms with Crippen molar-refractivity contribution in [2.75, 3.05) is 13.2 Å². The fraction of sp³-hybridized carbons (Fsp3) is 0.429. The molecule has 18 heavy (non-hydrogen) atoms. The molecule has 0 spiro atoms. The lowest BCUT2D eigenvalue weighted by Crippen LogP contribution is -2.30. The van der Waals surface area contributed by atoms with Crippen molar-refractivity contribution in [1.82, 2.24) is 10.3 Å². The van der Waals surface area contributed by atoms with Crippen LogP contribution in [0.15, 0.2) is 24.3 Å². The van der Waals surface area contributed by atoms with Gasteiger partial charge in [-0.05, 0) is 19.9 Å². The quantitative estimate of drug-likeness (QED) is 0.841. The molecule has 1 atom stereocenters. The van der Waals surface area contributed by atoms with Gasteiger partial charge in [0.15, 0.2) is 0 Å². The summed E-state index contributed by atoms with van der Waals surface area (Å²) < 4.78 is 5.37. The Kier molecular flexibility index (Phi) is 4.64. The molecule has 1 aromatic carbocycles. The van der Waals surface area contributed by atoms with Gasteiger partial charge in [0, 0.05) is 35.8 Å². The van der Waals surface area contributed by atoms with E-state index in [1.165, 1.54) is 0 Å². The van der Waals surface area contributed by atoms with Crippen LogP contribution in [0.25, 0.3) is 10.9 Å². The number of hydrogen-bond acceptors (Lipinski definition) is 2. The maximum absolute atomic E-state index is 6.34. The molecule has 0 aliphatic heterocycles. The number of ether oxygens (including phenoxy) is 1. The number of halogens is 1. The van der Waals surface area contributed by atoms with E-state index >= 15 is 0 Å². The molecule has 2 rings (SSSR count). The van der Waals surface area contributed by atoms with Crippen molar-refractivity contribution < 1.29 is 4.74 Å². The van der Waals surface area contributed by atoms with Crippen LogP contribution in [-0.4, -0.2) is 24.2 Å². The Morgan fingerprint density at radius 3 is 2.89 bits per heavy atom. The summed E-state index contributed by atoms with van der Waals surface area (Å²) in [6.45, 7) is 6.29. The van der Waals surface area contributed by atoms with Gasteiger partial charge in [-0.1, -0.05) is 29.8 Å². The molecule has 4 heteroatoms. The van der Waals surface area contributed by atoms with Gasteiger partial charge in [0.05, 0.1) is 11.6 Å². The SMILES string of the molecule is CCOCC(C)NCc1[nH]c2ccccc2c1Cl. The standard InChI is InChI=1S/C14H19ClN2O/c1-3-18-9-10(2)16-8-13-14(15)11-6-4-5-7-12(11)17-13/h4-7,10,16-17H,3,8-9H2,1-2H3. The van der Waals surface area contributed by atoms with Crippen LogP contribution in [0.1, 0.15) is 19.5 Å². The average Bonchev–Trinajstić information content (AvgIpc) is 2.71. The molecule has 1 aromatic heterocycles. The number of rotatable bonds is 6. The largest absolute Gasteiger partial charge is 0.380 e. The first-order chi connectivity index (χ1) is 8.72. The summed E-state index contributed by atoms with van der Waals surface area (Å²) in [6, 6.07) is 8.38. The van der Waals surface area contributed by atoms with E-state index in [0.717, 1.165) is 34.8 Å². The number of hydrogen-bond donors (Lipinski definition) is 2. The van der Waals surface area contributed by atoms with Crippen LogP contribution < -0.4 is 5.32 Å². The lowest BCUT2D eigenvalue weighted by atomic mass is 10.2. The number of para-hydroxylation sites is 1. The zero-order valence-corrected chi connectivity index (χ0v) is 11.6. The van der Waals surface area contributed by atoms with E-state index < -0.39 is 0 Å². The van der Waals surface area contributed by atoms with Crippen LogP contribution in [-0.2, 0) is 11.3 Å². The van der Waals surface area contributed by atoms with E-state index in [-0.39, 0.29) is 0 Å². The maximum atomic E-state index is 6.34. The van der Waals surface area contributed by atoms with E-state index in [1.807, 2.05) is 31.2 Å². The highest BCUT2D eigenvalue weighted by molar-refractivity contribution is 6.36. The first-order valence-electron chi connectivity index (χ1n) is 6.28. The van der Waals surface area contributed by atoms with E-state index in [0.29, 0.717) is 12.6 Å². The number of aromatic amines is 1. The lowest BCUT2D eigenvalue weighted by molar-refractivity contribution is 0.127. The molecule has 98 valence electrons. The van der Waals surface area contributed by atoms with Crippen molar-refractivity contribution in [2.24, 2.45) is 0 Å². The monoisotopic (exact) mass is 266 g/mol. The van der Waals surface area contributed by atoms with Crippen molar-refractivity contribution in [3.63, 3.8) is 0 Å². The van der Waals surface area contributed by atoms with Gasteiger partial charge in [0.25, 0.3) is 0 Å². The van der Waals surface area contributed by atoms with Gasteiger partial charge >= 0.3 is 0 Å². The Bertz CT molecular complexity index is 509. The van der Waals surface area contributed by atoms with E-state index in [1.54, 1.807) is 0 Å². The molecule has 3 nitrogen and oxygen atoms in total. The summed E-state index contributed by atoms with van der Waals surface area (Å²) in [5.41, 5.74) is 2.11.